The second kappa shape index (κ2) is 5.75. The zero-order valence-electron chi connectivity index (χ0n) is 11.0. The second-order valence-corrected chi connectivity index (χ2v) is 5.94. The van der Waals surface area contributed by atoms with Gasteiger partial charge in [0.15, 0.2) is 0 Å². The molecule has 1 N–H and O–H groups in total. The van der Waals surface area contributed by atoms with Crippen LogP contribution in [0.5, 0.6) is 0 Å². The van der Waals surface area contributed by atoms with Crippen LogP contribution < -0.4 is 0 Å². The van der Waals surface area contributed by atoms with Crippen molar-refractivity contribution in [3.8, 4) is 12.3 Å². The van der Waals surface area contributed by atoms with Crippen molar-refractivity contribution >= 4 is 5.97 Å². The van der Waals surface area contributed by atoms with E-state index < -0.39 is 5.97 Å². The van der Waals surface area contributed by atoms with E-state index >= 15 is 0 Å². The van der Waals surface area contributed by atoms with Crippen molar-refractivity contribution in [1.82, 2.24) is 4.90 Å². The lowest BCUT2D eigenvalue weighted by Gasteiger charge is -2.41. The number of aliphatic carboxylic acids is 1. The molecule has 0 aromatic carbocycles. The summed E-state index contributed by atoms with van der Waals surface area (Å²) in [5.41, 5.74) is 0.599. The van der Waals surface area contributed by atoms with Crippen LogP contribution in [0.1, 0.15) is 51.4 Å². The maximum absolute atomic E-state index is 10.9. The number of nitrogens with zero attached hydrogens (tertiary/aromatic N) is 1. The first-order valence-electron chi connectivity index (χ1n) is 7.04. The lowest BCUT2D eigenvalue weighted by molar-refractivity contribution is -0.139. The number of hydrogen-bond acceptors (Lipinski definition) is 2. The van der Waals surface area contributed by atoms with Gasteiger partial charge in [-0.2, -0.15) is 0 Å². The van der Waals surface area contributed by atoms with Gasteiger partial charge in [0.2, 0.25) is 0 Å². The van der Waals surface area contributed by atoms with Gasteiger partial charge in [0.25, 0.3) is 0 Å². The Hall–Kier alpha value is -1.01. The minimum absolute atomic E-state index is 0.0852. The summed E-state index contributed by atoms with van der Waals surface area (Å²) in [5, 5.41) is 8.94. The molecule has 0 atom stereocenters. The third-order valence-electron chi connectivity index (χ3n) is 4.83. The van der Waals surface area contributed by atoms with E-state index in [1.165, 1.54) is 38.5 Å². The van der Waals surface area contributed by atoms with Crippen molar-refractivity contribution in [2.24, 2.45) is 5.41 Å². The fourth-order valence-electron chi connectivity index (χ4n) is 3.81. The van der Waals surface area contributed by atoms with Crippen molar-refractivity contribution < 1.29 is 9.90 Å². The topological polar surface area (TPSA) is 40.5 Å². The van der Waals surface area contributed by atoms with Crippen molar-refractivity contribution in [2.75, 3.05) is 13.1 Å². The van der Waals surface area contributed by atoms with Gasteiger partial charge in [-0.25, -0.2) is 0 Å². The van der Waals surface area contributed by atoms with Gasteiger partial charge in [0.1, 0.15) is 0 Å². The van der Waals surface area contributed by atoms with E-state index in [2.05, 4.69) is 5.92 Å². The van der Waals surface area contributed by atoms with E-state index in [1.807, 2.05) is 4.90 Å². The molecule has 2 aliphatic rings. The van der Waals surface area contributed by atoms with Gasteiger partial charge in [-0.15, -0.1) is 6.42 Å². The lowest BCUT2D eigenvalue weighted by atomic mass is 9.71. The summed E-state index contributed by atoms with van der Waals surface area (Å²) in [5.74, 6) is 1.82. The van der Waals surface area contributed by atoms with Gasteiger partial charge < -0.3 is 5.11 Å². The average molecular weight is 249 g/mol. The van der Waals surface area contributed by atoms with Gasteiger partial charge in [0.05, 0.1) is 13.1 Å². The minimum Gasteiger partial charge on any atom is -0.480 e. The molecule has 0 unspecified atom stereocenters. The quantitative estimate of drug-likeness (QED) is 0.778. The third kappa shape index (κ3) is 3.05. The zero-order chi connectivity index (χ0) is 13.0. The Kier molecular flexibility index (Phi) is 4.29. The van der Waals surface area contributed by atoms with Gasteiger partial charge in [-0.05, 0) is 43.9 Å². The fraction of sp³-hybridized carbons (Fsp3) is 0.800. The van der Waals surface area contributed by atoms with Crippen LogP contribution in [0.15, 0.2) is 0 Å². The first-order valence-corrected chi connectivity index (χ1v) is 7.04. The largest absolute Gasteiger partial charge is 0.480 e. The van der Waals surface area contributed by atoms with Crippen LogP contribution in [0.2, 0.25) is 0 Å². The van der Waals surface area contributed by atoms with Crippen LogP contribution in [0.4, 0.5) is 0 Å². The molecule has 0 aliphatic heterocycles. The van der Waals surface area contributed by atoms with Crippen molar-refractivity contribution in [3.05, 3.63) is 0 Å². The lowest BCUT2D eigenvalue weighted by Crippen LogP contribution is -2.43. The summed E-state index contributed by atoms with van der Waals surface area (Å²) in [7, 11) is 0. The average Bonchev–Trinajstić information content (AvgIpc) is 2.78. The van der Waals surface area contributed by atoms with E-state index in [1.54, 1.807) is 0 Å². The monoisotopic (exact) mass is 249 g/mol. The summed E-state index contributed by atoms with van der Waals surface area (Å²) in [6.45, 7) is 0.547. The van der Waals surface area contributed by atoms with Gasteiger partial charge >= 0.3 is 5.97 Å². The molecule has 3 heteroatoms. The van der Waals surface area contributed by atoms with Gasteiger partial charge in [-0.1, -0.05) is 18.8 Å². The van der Waals surface area contributed by atoms with Crippen molar-refractivity contribution in [2.45, 2.75) is 57.4 Å². The predicted octanol–water partition coefficient (Wildman–Crippen LogP) is 2.51. The summed E-state index contributed by atoms with van der Waals surface area (Å²) in [4.78, 5) is 12.8. The molecule has 18 heavy (non-hydrogen) atoms. The first-order chi connectivity index (χ1) is 8.65. The van der Waals surface area contributed by atoms with E-state index in [9.17, 15) is 4.79 Å². The summed E-state index contributed by atoms with van der Waals surface area (Å²) in [6, 6.07) is 0.378. The Bertz CT molecular complexity index is 329. The highest BCUT2D eigenvalue weighted by molar-refractivity contribution is 5.69. The molecule has 0 heterocycles. The van der Waals surface area contributed by atoms with Crippen LogP contribution in [0.25, 0.3) is 0 Å². The molecule has 0 bridgehead atoms. The highest BCUT2D eigenvalue weighted by atomic mass is 16.4. The number of carboxylic acids is 1. The number of carboxylic acid groups (broad SMARTS) is 1. The Morgan fingerprint density at radius 1 is 1.28 bits per heavy atom. The smallest absolute Gasteiger partial charge is 0.317 e. The molecule has 3 nitrogen and oxygen atoms in total. The maximum Gasteiger partial charge on any atom is 0.317 e. The molecule has 1 spiro atoms. The molecule has 2 rings (SSSR count). The van der Waals surface area contributed by atoms with Crippen LogP contribution in [0.3, 0.4) is 0 Å². The molecular formula is C15H23NO2. The Labute approximate surface area is 110 Å². The maximum atomic E-state index is 10.9. The summed E-state index contributed by atoms with van der Waals surface area (Å²) in [6.07, 6.45) is 15.6. The van der Waals surface area contributed by atoms with Crippen molar-refractivity contribution in [1.29, 1.82) is 0 Å². The zero-order valence-corrected chi connectivity index (χ0v) is 11.0. The van der Waals surface area contributed by atoms with Crippen LogP contribution in [0, 0.1) is 17.8 Å². The molecule has 0 radical (unpaired) electrons. The second-order valence-electron chi connectivity index (χ2n) is 5.94. The Morgan fingerprint density at radius 3 is 2.39 bits per heavy atom. The highest BCUT2D eigenvalue weighted by Crippen LogP contribution is 2.49. The van der Waals surface area contributed by atoms with E-state index in [0.717, 1.165) is 12.8 Å². The van der Waals surface area contributed by atoms with Gasteiger partial charge in [-0.3, -0.25) is 9.69 Å². The number of rotatable bonds is 4. The molecule has 0 amide bonds. The molecule has 0 saturated heterocycles. The SMILES string of the molecule is C#CCN(CC(=O)O)C1CCC2(CCCC2)CC1. The summed E-state index contributed by atoms with van der Waals surface area (Å²) < 4.78 is 0. The highest BCUT2D eigenvalue weighted by Gasteiger charge is 2.38. The molecule has 2 aliphatic carbocycles. The van der Waals surface area contributed by atoms with E-state index in [4.69, 9.17) is 11.5 Å². The molecule has 0 aromatic heterocycles. The fourth-order valence-corrected chi connectivity index (χ4v) is 3.81. The first kappa shape index (κ1) is 13.4. The van der Waals surface area contributed by atoms with Crippen LogP contribution in [-0.4, -0.2) is 35.1 Å². The Balaban J connectivity index is 1.90. The standard InChI is InChI=1S/C15H23NO2/c1-2-11-16(12-14(17)18)13-5-9-15(10-6-13)7-3-4-8-15/h1,13H,3-12H2,(H,17,18). The van der Waals surface area contributed by atoms with E-state index in [0.29, 0.717) is 18.0 Å². The number of carbonyl (C=O) groups is 1. The van der Waals surface area contributed by atoms with E-state index in [-0.39, 0.29) is 6.54 Å². The van der Waals surface area contributed by atoms with Gasteiger partial charge in [0, 0.05) is 6.04 Å². The Morgan fingerprint density at radius 2 is 1.89 bits per heavy atom. The summed E-state index contributed by atoms with van der Waals surface area (Å²) >= 11 is 0. The number of terminal acetylenes is 1. The minimum atomic E-state index is -0.772. The molecule has 2 fully saturated rings. The molecular weight excluding hydrogens is 226 g/mol. The molecule has 2 saturated carbocycles. The molecule has 0 aromatic rings. The van der Waals surface area contributed by atoms with Crippen LogP contribution >= 0.6 is 0 Å². The van der Waals surface area contributed by atoms with Crippen molar-refractivity contribution in [3.63, 3.8) is 0 Å². The third-order valence-corrected chi connectivity index (χ3v) is 4.83. The normalized spacial score (nSPS) is 23.3. The van der Waals surface area contributed by atoms with Crippen LogP contribution in [-0.2, 0) is 4.79 Å². The molecule has 100 valence electrons. The predicted molar refractivity (Wildman–Crippen MR) is 71.2 cm³/mol. The number of hydrogen-bond donors (Lipinski definition) is 1.